The fraction of sp³-hybridized carbons (Fsp3) is 0.174. The Morgan fingerprint density at radius 3 is 2.65 bits per heavy atom. The van der Waals surface area contributed by atoms with Gasteiger partial charge in [0.15, 0.2) is 0 Å². The molecule has 0 fully saturated rings. The molecule has 31 heavy (non-hydrogen) atoms. The van der Waals surface area contributed by atoms with E-state index in [1.807, 2.05) is 55.5 Å². The highest BCUT2D eigenvalue weighted by Gasteiger charge is 2.47. The number of aromatic nitrogens is 1. The molecule has 3 heterocycles. The molecule has 0 saturated heterocycles. The number of hydrogen-bond acceptors (Lipinski definition) is 6. The van der Waals surface area contributed by atoms with Crippen LogP contribution in [0.2, 0.25) is 0 Å². The highest BCUT2D eigenvalue weighted by Crippen LogP contribution is 2.51. The van der Waals surface area contributed by atoms with Crippen molar-refractivity contribution in [2.75, 3.05) is 12.0 Å². The Bertz CT molecular complexity index is 1180. The number of para-hydroxylation sites is 1. The number of ether oxygens (including phenoxy) is 2. The minimum atomic E-state index is -0.553. The molecular formula is C23H19N3O4S. The van der Waals surface area contributed by atoms with Gasteiger partial charge in [0.2, 0.25) is 0 Å². The zero-order chi connectivity index (χ0) is 21.5. The zero-order valence-electron chi connectivity index (χ0n) is 16.9. The summed E-state index contributed by atoms with van der Waals surface area (Å²) in [6.45, 7) is 1.93. The number of pyridine rings is 1. The van der Waals surface area contributed by atoms with Crippen LogP contribution in [0.3, 0.4) is 0 Å². The van der Waals surface area contributed by atoms with E-state index in [1.165, 1.54) is 18.9 Å². The van der Waals surface area contributed by atoms with E-state index in [-0.39, 0.29) is 12.0 Å². The van der Waals surface area contributed by atoms with Crippen molar-refractivity contribution < 1.29 is 19.1 Å². The van der Waals surface area contributed by atoms with Gasteiger partial charge in [-0.05, 0) is 48.9 Å². The van der Waals surface area contributed by atoms with Crippen molar-refractivity contribution in [3.8, 4) is 11.5 Å². The summed E-state index contributed by atoms with van der Waals surface area (Å²) in [5.41, 5.74) is 3.17. The number of benzene rings is 2. The molecule has 1 N–H and O–H groups in total. The van der Waals surface area contributed by atoms with Gasteiger partial charge in [-0.25, -0.2) is 9.78 Å². The summed E-state index contributed by atoms with van der Waals surface area (Å²) < 4.78 is 10.8. The van der Waals surface area contributed by atoms with Crippen molar-refractivity contribution in [1.29, 1.82) is 0 Å². The Hall–Kier alpha value is -3.52. The topological polar surface area (TPSA) is 80.8 Å². The first-order chi connectivity index (χ1) is 15.1. The molecule has 0 bridgehead atoms. The molecule has 2 unspecified atom stereocenters. The van der Waals surface area contributed by atoms with Crippen molar-refractivity contribution in [2.24, 2.45) is 0 Å². The summed E-state index contributed by atoms with van der Waals surface area (Å²) in [7, 11) is 1.35. The Kier molecular flexibility index (Phi) is 4.78. The van der Waals surface area contributed by atoms with Crippen molar-refractivity contribution in [1.82, 2.24) is 10.3 Å². The van der Waals surface area contributed by atoms with E-state index in [9.17, 15) is 9.59 Å². The van der Waals surface area contributed by atoms with Gasteiger partial charge in [-0.1, -0.05) is 30.0 Å². The van der Waals surface area contributed by atoms with E-state index in [1.54, 1.807) is 17.2 Å². The molecule has 2 atom stereocenters. The Morgan fingerprint density at radius 2 is 1.90 bits per heavy atom. The van der Waals surface area contributed by atoms with Crippen LogP contribution in [0.25, 0.3) is 0 Å². The summed E-state index contributed by atoms with van der Waals surface area (Å²) in [5, 5.41) is 3.14. The quantitative estimate of drug-likeness (QED) is 0.599. The lowest BCUT2D eigenvalue weighted by molar-refractivity contribution is -0.140. The molecule has 7 nitrogen and oxygen atoms in total. The van der Waals surface area contributed by atoms with Crippen LogP contribution in [0.15, 0.2) is 65.8 Å². The number of carbonyl (C=O) groups is 2. The second kappa shape index (κ2) is 7.63. The van der Waals surface area contributed by atoms with E-state index in [4.69, 9.17) is 9.47 Å². The van der Waals surface area contributed by atoms with Gasteiger partial charge >= 0.3 is 12.0 Å². The number of amides is 2. The number of hydrogen-bond donors (Lipinski definition) is 1. The van der Waals surface area contributed by atoms with Crippen LogP contribution < -0.4 is 15.0 Å². The van der Waals surface area contributed by atoms with Crippen molar-refractivity contribution in [2.45, 2.75) is 23.2 Å². The van der Waals surface area contributed by atoms with Crippen LogP contribution in [-0.2, 0) is 9.53 Å². The van der Waals surface area contributed by atoms with Gasteiger partial charge in [-0.2, -0.15) is 0 Å². The predicted octanol–water partition coefficient (Wildman–Crippen LogP) is 4.73. The Balaban J connectivity index is 1.51. The SMILES string of the molecule is COC(=O)C1Sc2nccc3c2C1NC(=O)N3c1ccc(Oc2ccccc2)cc1C. The molecule has 2 aliphatic rings. The summed E-state index contributed by atoms with van der Waals surface area (Å²) in [6.07, 6.45) is 1.66. The lowest BCUT2D eigenvalue weighted by atomic mass is 10.00. The number of esters is 1. The van der Waals surface area contributed by atoms with E-state index in [2.05, 4.69) is 10.3 Å². The van der Waals surface area contributed by atoms with Crippen LogP contribution in [0.5, 0.6) is 11.5 Å². The highest BCUT2D eigenvalue weighted by atomic mass is 32.2. The van der Waals surface area contributed by atoms with Crippen LogP contribution in [0.4, 0.5) is 16.2 Å². The number of rotatable bonds is 4. The predicted molar refractivity (Wildman–Crippen MR) is 117 cm³/mol. The van der Waals surface area contributed by atoms with E-state index < -0.39 is 11.3 Å². The minimum Gasteiger partial charge on any atom is -0.468 e. The molecule has 1 aromatic heterocycles. The van der Waals surface area contributed by atoms with Crippen molar-refractivity contribution in [3.05, 3.63) is 71.9 Å². The monoisotopic (exact) mass is 433 g/mol. The zero-order valence-corrected chi connectivity index (χ0v) is 17.7. The second-order valence-corrected chi connectivity index (χ2v) is 8.37. The number of urea groups is 1. The first-order valence-corrected chi connectivity index (χ1v) is 10.6. The summed E-state index contributed by atoms with van der Waals surface area (Å²) in [5.74, 6) is 1.04. The lowest BCUT2D eigenvalue weighted by Gasteiger charge is -2.34. The first kappa shape index (κ1) is 19.4. The van der Waals surface area contributed by atoms with Gasteiger partial charge in [-0.3, -0.25) is 9.69 Å². The number of aryl methyl sites for hydroxylation is 1. The number of anilines is 2. The average molecular weight is 433 g/mol. The number of nitrogens with zero attached hydrogens (tertiary/aromatic N) is 2. The molecule has 0 radical (unpaired) electrons. The maximum Gasteiger partial charge on any atom is 0.327 e. The molecule has 0 aliphatic carbocycles. The largest absolute Gasteiger partial charge is 0.468 e. The molecule has 8 heteroatoms. The van der Waals surface area contributed by atoms with Gasteiger partial charge in [0.25, 0.3) is 0 Å². The average Bonchev–Trinajstić information content (AvgIpc) is 3.14. The van der Waals surface area contributed by atoms with Crippen LogP contribution in [-0.4, -0.2) is 29.3 Å². The van der Waals surface area contributed by atoms with E-state index in [0.717, 1.165) is 33.3 Å². The molecule has 2 amide bonds. The molecule has 0 saturated carbocycles. The molecule has 156 valence electrons. The highest BCUT2D eigenvalue weighted by molar-refractivity contribution is 8.01. The Morgan fingerprint density at radius 1 is 1.10 bits per heavy atom. The van der Waals surface area contributed by atoms with Gasteiger partial charge in [0, 0.05) is 11.8 Å². The van der Waals surface area contributed by atoms with Crippen LogP contribution in [0, 0.1) is 6.92 Å². The molecular weight excluding hydrogens is 414 g/mol. The smallest absolute Gasteiger partial charge is 0.327 e. The van der Waals surface area contributed by atoms with E-state index >= 15 is 0 Å². The standard InChI is InChI=1S/C23H19N3O4S/c1-13-12-15(30-14-6-4-3-5-7-14)8-9-16(13)26-17-10-11-24-21-18(17)19(25-23(26)28)20(31-21)22(27)29-2/h3-12,19-20H,1-2H3,(H,25,28). The maximum absolute atomic E-state index is 13.1. The minimum absolute atomic E-state index is 0.300. The van der Waals surface area contributed by atoms with Gasteiger partial charge in [0.05, 0.1) is 24.5 Å². The van der Waals surface area contributed by atoms with E-state index in [0.29, 0.717) is 5.75 Å². The number of thioether (sulfide) groups is 1. The van der Waals surface area contributed by atoms with Crippen molar-refractivity contribution >= 4 is 35.1 Å². The summed E-state index contributed by atoms with van der Waals surface area (Å²) in [6, 6.07) is 16.2. The molecule has 5 rings (SSSR count). The second-order valence-electron chi connectivity index (χ2n) is 7.24. The van der Waals surface area contributed by atoms with Crippen LogP contribution >= 0.6 is 11.8 Å². The van der Waals surface area contributed by atoms with Gasteiger partial charge < -0.3 is 14.8 Å². The fourth-order valence-electron chi connectivity index (χ4n) is 3.93. The van der Waals surface area contributed by atoms with Crippen LogP contribution in [0.1, 0.15) is 17.2 Å². The molecule has 2 aromatic carbocycles. The summed E-state index contributed by atoms with van der Waals surface area (Å²) >= 11 is 1.32. The first-order valence-electron chi connectivity index (χ1n) is 9.74. The third-order valence-corrected chi connectivity index (χ3v) is 6.59. The van der Waals surface area contributed by atoms with Gasteiger partial charge in [-0.15, -0.1) is 0 Å². The third kappa shape index (κ3) is 3.29. The normalized spacial score (nSPS) is 18.9. The molecule has 2 aliphatic heterocycles. The fourth-order valence-corrected chi connectivity index (χ4v) is 5.18. The maximum atomic E-state index is 13.1. The molecule has 0 spiro atoms. The summed E-state index contributed by atoms with van der Waals surface area (Å²) in [4.78, 5) is 31.4. The molecule has 3 aromatic rings. The number of carbonyl (C=O) groups excluding carboxylic acids is 2. The number of methoxy groups -OCH3 is 1. The Labute approximate surface area is 183 Å². The van der Waals surface area contributed by atoms with Gasteiger partial charge in [0.1, 0.15) is 21.8 Å². The van der Waals surface area contributed by atoms with Crippen molar-refractivity contribution in [3.63, 3.8) is 0 Å². The third-order valence-electron chi connectivity index (χ3n) is 5.33. The number of nitrogens with one attached hydrogen (secondary N) is 1. The lowest BCUT2D eigenvalue weighted by Crippen LogP contribution is -2.47.